The maximum absolute atomic E-state index is 14.0. The molecule has 4 heteroatoms. The average molecular weight is 433 g/mol. The highest BCUT2D eigenvalue weighted by atomic mass is 16.3. The minimum absolute atomic E-state index is 0.0329. The summed E-state index contributed by atoms with van der Waals surface area (Å²) in [5.41, 5.74) is 1.48. The molecule has 0 radical (unpaired) electrons. The molecule has 170 valence electrons. The molecule has 3 aliphatic rings. The molecular formula is C28H36N2O2. The van der Waals surface area contributed by atoms with E-state index in [9.17, 15) is 9.90 Å². The summed E-state index contributed by atoms with van der Waals surface area (Å²) in [4.78, 5) is 18.5. The molecule has 2 aromatic rings. The summed E-state index contributed by atoms with van der Waals surface area (Å²) >= 11 is 0. The molecule has 4 atom stereocenters. The molecule has 1 amide bonds. The van der Waals surface area contributed by atoms with Crippen molar-refractivity contribution in [1.82, 2.24) is 9.80 Å². The zero-order chi connectivity index (χ0) is 22.0. The van der Waals surface area contributed by atoms with Crippen LogP contribution < -0.4 is 0 Å². The van der Waals surface area contributed by atoms with Gasteiger partial charge in [-0.25, -0.2) is 0 Å². The van der Waals surface area contributed by atoms with Gasteiger partial charge in [-0.3, -0.25) is 9.69 Å². The second-order valence-electron chi connectivity index (χ2n) is 10.00. The molecule has 2 aliphatic heterocycles. The van der Waals surface area contributed by atoms with Gasteiger partial charge in [-0.05, 0) is 49.8 Å². The van der Waals surface area contributed by atoms with Gasteiger partial charge in [0.1, 0.15) is 0 Å². The predicted octanol–water partition coefficient (Wildman–Crippen LogP) is 4.72. The number of hydrogen-bond acceptors (Lipinski definition) is 3. The monoisotopic (exact) mass is 432 g/mol. The fraction of sp³-hybridized carbons (Fsp3) is 0.536. The van der Waals surface area contributed by atoms with Crippen molar-refractivity contribution in [3.8, 4) is 0 Å². The van der Waals surface area contributed by atoms with E-state index in [1.54, 1.807) is 0 Å². The Balaban J connectivity index is 1.37. The number of amides is 1. The lowest BCUT2D eigenvalue weighted by molar-refractivity contribution is -0.161. The smallest absolute Gasteiger partial charge is 0.240 e. The summed E-state index contributed by atoms with van der Waals surface area (Å²) in [6.45, 7) is 2.48. The first-order chi connectivity index (χ1) is 15.7. The summed E-state index contributed by atoms with van der Waals surface area (Å²) < 4.78 is 0. The van der Waals surface area contributed by atoms with Gasteiger partial charge in [0.2, 0.25) is 5.91 Å². The lowest BCUT2D eigenvalue weighted by Crippen LogP contribution is -2.62. The molecule has 4 nitrogen and oxygen atoms in total. The molecule has 2 aromatic carbocycles. The maximum Gasteiger partial charge on any atom is 0.240 e. The van der Waals surface area contributed by atoms with E-state index in [0.717, 1.165) is 63.6 Å². The highest BCUT2D eigenvalue weighted by Crippen LogP contribution is 2.47. The van der Waals surface area contributed by atoms with Gasteiger partial charge in [-0.15, -0.1) is 0 Å². The Hall–Kier alpha value is -2.17. The van der Waals surface area contributed by atoms with E-state index < -0.39 is 5.60 Å². The predicted molar refractivity (Wildman–Crippen MR) is 127 cm³/mol. The van der Waals surface area contributed by atoms with Crippen molar-refractivity contribution in [3.05, 3.63) is 71.8 Å². The Morgan fingerprint density at radius 1 is 0.875 bits per heavy atom. The molecule has 1 N–H and O–H groups in total. The van der Waals surface area contributed by atoms with Crippen LogP contribution in [0.2, 0.25) is 0 Å². The Bertz CT molecular complexity index is 902. The van der Waals surface area contributed by atoms with Crippen LogP contribution in [0, 0.1) is 5.92 Å². The topological polar surface area (TPSA) is 43.8 Å². The van der Waals surface area contributed by atoms with E-state index in [4.69, 9.17) is 0 Å². The van der Waals surface area contributed by atoms with Gasteiger partial charge in [0, 0.05) is 25.0 Å². The number of aliphatic hydroxyl groups is 1. The second kappa shape index (κ2) is 9.36. The molecule has 2 saturated heterocycles. The maximum atomic E-state index is 14.0. The van der Waals surface area contributed by atoms with E-state index in [2.05, 4.69) is 46.2 Å². The van der Waals surface area contributed by atoms with Crippen LogP contribution in [0.5, 0.6) is 0 Å². The molecule has 0 bridgehead atoms. The van der Waals surface area contributed by atoms with Crippen molar-refractivity contribution in [2.45, 2.75) is 75.6 Å². The number of carbonyl (C=O) groups is 1. The molecule has 3 fully saturated rings. The summed E-state index contributed by atoms with van der Waals surface area (Å²) in [5, 5.41) is 11.8. The largest absolute Gasteiger partial charge is 0.385 e. The lowest BCUT2D eigenvalue weighted by Gasteiger charge is -2.53. The third kappa shape index (κ3) is 4.11. The molecule has 2 heterocycles. The van der Waals surface area contributed by atoms with Crippen LogP contribution in [0.15, 0.2) is 60.7 Å². The minimum Gasteiger partial charge on any atom is -0.385 e. The molecule has 1 aliphatic carbocycles. The van der Waals surface area contributed by atoms with E-state index in [1.807, 2.05) is 24.3 Å². The van der Waals surface area contributed by atoms with Gasteiger partial charge < -0.3 is 10.0 Å². The van der Waals surface area contributed by atoms with Crippen molar-refractivity contribution in [2.24, 2.45) is 5.92 Å². The van der Waals surface area contributed by atoms with E-state index in [0.29, 0.717) is 18.9 Å². The number of nitrogens with zero attached hydrogens (tertiary/aromatic N) is 2. The van der Waals surface area contributed by atoms with E-state index in [-0.39, 0.29) is 18.0 Å². The number of rotatable bonds is 4. The van der Waals surface area contributed by atoms with Gasteiger partial charge in [0.25, 0.3) is 0 Å². The molecule has 1 saturated carbocycles. The van der Waals surface area contributed by atoms with Crippen LogP contribution in [-0.2, 0) is 16.9 Å². The van der Waals surface area contributed by atoms with Crippen molar-refractivity contribution in [1.29, 1.82) is 0 Å². The number of benzene rings is 2. The van der Waals surface area contributed by atoms with Crippen LogP contribution >= 0.6 is 0 Å². The summed E-state index contributed by atoms with van der Waals surface area (Å²) in [6, 6.07) is 20.8. The Morgan fingerprint density at radius 2 is 1.56 bits per heavy atom. The quantitative estimate of drug-likeness (QED) is 0.760. The van der Waals surface area contributed by atoms with Crippen LogP contribution in [0.3, 0.4) is 0 Å². The Labute approximate surface area is 192 Å². The summed E-state index contributed by atoms with van der Waals surface area (Å²) in [5.74, 6) is 0.426. The van der Waals surface area contributed by atoms with Crippen LogP contribution in [-0.4, -0.2) is 46.0 Å². The third-order valence-corrected chi connectivity index (χ3v) is 8.16. The second-order valence-corrected chi connectivity index (χ2v) is 10.00. The SMILES string of the molecule is O=C(C1CCCCN1Cc1ccccc1)N1CC[C@](O)(c2ccccc2)[C@H]2CCCC[C@H]21. The van der Waals surface area contributed by atoms with Gasteiger partial charge in [0.15, 0.2) is 0 Å². The van der Waals surface area contributed by atoms with Gasteiger partial charge in [-0.2, -0.15) is 0 Å². The van der Waals surface area contributed by atoms with Gasteiger partial charge in [0.05, 0.1) is 11.6 Å². The van der Waals surface area contributed by atoms with Crippen LogP contribution in [0.1, 0.15) is 62.5 Å². The molecule has 1 unspecified atom stereocenters. The fourth-order valence-corrected chi connectivity index (χ4v) is 6.51. The van der Waals surface area contributed by atoms with Gasteiger partial charge >= 0.3 is 0 Å². The van der Waals surface area contributed by atoms with Crippen LogP contribution in [0.25, 0.3) is 0 Å². The van der Waals surface area contributed by atoms with Crippen molar-refractivity contribution in [3.63, 3.8) is 0 Å². The minimum atomic E-state index is -0.820. The van der Waals surface area contributed by atoms with Crippen LogP contribution in [0.4, 0.5) is 0 Å². The van der Waals surface area contributed by atoms with Crippen molar-refractivity contribution in [2.75, 3.05) is 13.1 Å². The van der Waals surface area contributed by atoms with E-state index >= 15 is 0 Å². The van der Waals surface area contributed by atoms with E-state index in [1.165, 1.54) is 5.56 Å². The zero-order valence-corrected chi connectivity index (χ0v) is 19.0. The summed E-state index contributed by atoms with van der Waals surface area (Å²) in [6.07, 6.45) is 8.16. The first kappa shape index (κ1) is 21.7. The van der Waals surface area contributed by atoms with Crippen molar-refractivity contribution < 1.29 is 9.90 Å². The highest BCUT2D eigenvalue weighted by molar-refractivity contribution is 5.82. The number of likely N-dealkylation sites (tertiary alicyclic amines) is 2. The lowest BCUT2D eigenvalue weighted by atomic mass is 9.66. The van der Waals surface area contributed by atoms with Crippen molar-refractivity contribution >= 4 is 5.91 Å². The zero-order valence-electron chi connectivity index (χ0n) is 19.0. The average Bonchev–Trinajstić information content (AvgIpc) is 2.86. The number of fused-ring (bicyclic) bond motifs is 1. The normalized spacial score (nSPS) is 31.2. The first-order valence-electron chi connectivity index (χ1n) is 12.5. The fourth-order valence-electron chi connectivity index (χ4n) is 6.51. The Morgan fingerprint density at radius 3 is 2.34 bits per heavy atom. The standard InChI is InChI=1S/C28H36N2O2/c31-27(26-17-9-10-19-29(26)21-22-11-3-1-4-12-22)30-20-18-28(32,23-13-5-2-6-14-23)24-15-7-8-16-25(24)30/h1-6,11-14,24-26,32H,7-10,15-21H2/t24-,25+,26?,28-/m0/s1. The number of piperidine rings is 2. The molecule has 0 aromatic heterocycles. The first-order valence-corrected chi connectivity index (χ1v) is 12.5. The molecule has 5 rings (SSSR count). The number of carbonyl (C=O) groups excluding carboxylic acids is 1. The third-order valence-electron chi connectivity index (χ3n) is 8.16. The molecule has 32 heavy (non-hydrogen) atoms. The summed E-state index contributed by atoms with van der Waals surface area (Å²) in [7, 11) is 0. The Kier molecular flexibility index (Phi) is 6.34. The molecular weight excluding hydrogens is 396 g/mol. The number of hydrogen-bond donors (Lipinski definition) is 1. The highest BCUT2D eigenvalue weighted by Gasteiger charge is 2.51. The molecule has 0 spiro atoms. The van der Waals surface area contributed by atoms with Gasteiger partial charge in [-0.1, -0.05) is 79.9 Å².